The minimum atomic E-state index is -1.25. The number of nitrogens with one attached hydrogen (secondary N) is 7. The maximum Gasteiger partial charge on any atom is 0.333 e. The number of primary amides is 1. The highest BCUT2D eigenvalue weighted by molar-refractivity contribution is 5.97. The molecule has 7 amide bonds. The molecule has 5 atom stereocenters. The second kappa shape index (κ2) is 22.8. The maximum atomic E-state index is 14.5. The highest BCUT2D eigenvalue weighted by atomic mass is 16.2. The lowest BCUT2D eigenvalue weighted by molar-refractivity contribution is -0.134. The number of nitrogens with two attached hydrogens (primary N) is 2. The van der Waals surface area contributed by atoms with E-state index in [0.717, 1.165) is 37.9 Å². The molecule has 0 saturated heterocycles. The van der Waals surface area contributed by atoms with E-state index in [1.165, 1.54) is 6.92 Å². The molecule has 0 saturated carbocycles. The van der Waals surface area contributed by atoms with Gasteiger partial charge in [-0.15, -0.1) is 6.58 Å². The van der Waals surface area contributed by atoms with E-state index in [9.17, 15) is 28.8 Å². The van der Waals surface area contributed by atoms with Crippen molar-refractivity contribution < 1.29 is 28.8 Å². The zero-order valence-electron chi connectivity index (χ0n) is 36.4. The average molecular weight is 884 g/mol. The van der Waals surface area contributed by atoms with Crippen LogP contribution in [0.15, 0.2) is 104 Å². The Labute approximate surface area is 377 Å². The normalized spacial score (nSPS) is 21.7. The van der Waals surface area contributed by atoms with Gasteiger partial charge in [0.2, 0.25) is 29.5 Å². The summed E-state index contributed by atoms with van der Waals surface area (Å²) in [6, 6.07) is 17.4. The van der Waals surface area contributed by atoms with Crippen LogP contribution in [0.4, 0.5) is 4.79 Å². The summed E-state index contributed by atoms with van der Waals surface area (Å²) in [7, 11) is 0. The predicted molar refractivity (Wildman–Crippen MR) is 248 cm³/mol. The van der Waals surface area contributed by atoms with Gasteiger partial charge in [-0.1, -0.05) is 84.6 Å². The predicted octanol–water partition coefficient (Wildman–Crippen LogP) is 2.05. The first kappa shape index (κ1) is 47.1. The Hall–Kier alpha value is -7.42. The van der Waals surface area contributed by atoms with E-state index >= 15 is 0 Å². The lowest BCUT2D eigenvalue weighted by atomic mass is 10.0. The first-order chi connectivity index (χ1) is 31.4. The quantitative estimate of drug-likeness (QED) is 0.0458. The van der Waals surface area contributed by atoms with Crippen molar-refractivity contribution in [3.63, 3.8) is 0 Å². The molecule has 3 aromatic carbocycles. The number of para-hydroxylation sites is 2. The van der Waals surface area contributed by atoms with Crippen LogP contribution in [0, 0.1) is 11.8 Å². The van der Waals surface area contributed by atoms with Gasteiger partial charge in [-0.05, 0) is 61.6 Å². The fourth-order valence-electron chi connectivity index (χ4n) is 7.74. The highest BCUT2D eigenvalue weighted by Gasteiger charge is 2.32. The van der Waals surface area contributed by atoms with Crippen LogP contribution in [-0.4, -0.2) is 112 Å². The molecule has 0 fully saturated rings. The molecule has 1 aliphatic heterocycles. The number of hydrogen-bond donors (Lipinski definition) is 9. The highest BCUT2D eigenvalue weighted by Crippen LogP contribution is 2.21. The smallest absolute Gasteiger partial charge is 0.333 e. The molecule has 0 aliphatic carbocycles. The fraction of sp³-hybridized carbons (Fsp3) is 0.333. The summed E-state index contributed by atoms with van der Waals surface area (Å²) in [5.41, 5.74) is 9.63. The van der Waals surface area contributed by atoms with Crippen molar-refractivity contribution in [2.45, 2.75) is 75.7 Å². The second-order valence-electron chi connectivity index (χ2n) is 16.1. The number of amides is 7. The molecule has 2 aromatic heterocycles. The van der Waals surface area contributed by atoms with Gasteiger partial charge in [-0.2, -0.15) is 0 Å². The van der Waals surface area contributed by atoms with Gasteiger partial charge in [-0.25, -0.2) is 10.6 Å². The van der Waals surface area contributed by atoms with Crippen molar-refractivity contribution >= 4 is 57.4 Å². The number of hydrazine groups is 1. The first-order valence-electron chi connectivity index (χ1n) is 21.7. The van der Waals surface area contributed by atoms with E-state index in [2.05, 4.69) is 55.0 Å². The van der Waals surface area contributed by atoms with Crippen molar-refractivity contribution in [2.24, 2.45) is 11.6 Å². The Morgan fingerprint density at radius 2 is 1.23 bits per heavy atom. The number of H-pyrrole nitrogens is 2. The lowest BCUT2D eigenvalue weighted by Gasteiger charge is -2.26. The van der Waals surface area contributed by atoms with Gasteiger partial charge < -0.3 is 42.3 Å². The van der Waals surface area contributed by atoms with E-state index < -0.39 is 65.8 Å². The molecular formula is C48H57N11O6. The summed E-state index contributed by atoms with van der Waals surface area (Å²) >= 11 is 0. The molecule has 0 radical (unpaired) electrons. The Morgan fingerprint density at radius 1 is 0.692 bits per heavy atom. The summed E-state index contributed by atoms with van der Waals surface area (Å²) in [5, 5.41) is 16.4. The molecule has 6 rings (SSSR count). The molecule has 5 aromatic rings. The Bertz CT molecular complexity index is 2540. The second-order valence-corrected chi connectivity index (χ2v) is 16.1. The summed E-state index contributed by atoms with van der Waals surface area (Å²) < 4.78 is 0. The molecule has 3 heterocycles. The number of aromatic nitrogens is 2. The Balaban J connectivity index is 1.32. The summed E-state index contributed by atoms with van der Waals surface area (Å²) in [6.45, 7) is 6.56. The molecule has 0 spiro atoms. The number of aromatic amines is 2. The number of carbonyl (C=O) groups excluding carboxylic acids is 6. The third-order valence-corrected chi connectivity index (χ3v) is 11.3. The molecule has 65 heavy (non-hydrogen) atoms. The van der Waals surface area contributed by atoms with E-state index in [4.69, 9.17) is 11.6 Å². The van der Waals surface area contributed by atoms with E-state index in [1.807, 2.05) is 83.8 Å². The standard InChI is InChI=1S/C48H57N11O6/c1-3-22-58-23-12-11-21-39(43(49)60)54-46(63)40(26-32-15-5-4-6-16-32)56-47(64)41(27-33-29-51-37-19-9-7-17-35(33)37)55-44(61)31(2)53-45(62)42(57-48(65)59(50)25-14-13-24-58)28-34-30-52-38-20-10-8-18-36(34)38/h3-10,15-20,29-31,39-42,51-52H,1,11-12,21-28,50H2,2H3,(H2,49,60)(H,53,62)(H,54,63)(H,55,61)(H,56,64)(H,57,65)/t31-,39-,40+,41-,42+/m0/s1. The van der Waals surface area contributed by atoms with Gasteiger partial charge in [0.15, 0.2) is 0 Å². The number of urea groups is 1. The van der Waals surface area contributed by atoms with Crippen molar-refractivity contribution in [3.05, 3.63) is 121 Å². The van der Waals surface area contributed by atoms with Crippen molar-refractivity contribution in [2.75, 3.05) is 26.2 Å². The molecular weight excluding hydrogens is 827 g/mol. The summed E-state index contributed by atoms with van der Waals surface area (Å²) in [6.07, 6.45) is 6.72. The number of carbonyl (C=O) groups is 6. The molecule has 1 aliphatic rings. The van der Waals surface area contributed by atoms with Crippen LogP contribution in [0.2, 0.25) is 0 Å². The van der Waals surface area contributed by atoms with Crippen LogP contribution < -0.4 is 38.2 Å². The summed E-state index contributed by atoms with van der Waals surface area (Å²) in [4.78, 5) is 91.4. The Morgan fingerprint density at radius 3 is 1.86 bits per heavy atom. The van der Waals surface area contributed by atoms with Gasteiger partial charge in [0.1, 0.15) is 30.2 Å². The molecule has 11 N–H and O–H groups in total. The number of benzene rings is 3. The number of rotatable bonds is 9. The van der Waals surface area contributed by atoms with Crippen molar-refractivity contribution in [1.29, 1.82) is 0 Å². The lowest BCUT2D eigenvalue weighted by Crippen LogP contribution is -2.60. The van der Waals surface area contributed by atoms with Crippen LogP contribution in [0.5, 0.6) is 0 Å². The first-order valence-corrected chi connectivity index (χ1v) is 21.7. The van der Waals surface area contributed by atoms with Crippen LogP contribution in [0.1, 0.15) is 42.9 Å². The fourth-order valence-corrected chi connectivity index (χ4v) is 7.74. The van der Waals surface area contributed by atoms with E-state index in [1.54, 1.807) is 18.5 Å². The van der Waals surface area contributed by atoms with Gasteiger partial charge in [0.05, 0.1) is 13.1 Å². The third-order valence-electron chi connectivity index (χ3n) is 11.3. The van der Waals surface area contributed by atoms with Crippen LogP contribution in [0.3, 0.4) is 0 Å². The topological polar surface area (TPSA) is 253 Å². The van der Waals surface area contributed by atoms with Gasteiger partial charge >= 0.3 is 6.03 Å². The molecule has 17 heteroatoms. The minimum Gasteiger partial charge on any atom is -0.368 e. The zero-order chi connectivity index (χ0) is 46.3. The molecule has 0 bridgehead atoms. The Kier molecular flexibility index (Phi) is 16.5. The van der Waals surface area contributed by atoms with Crippen LogP contribution >= 0.6 is 0 Å². The maximum absolute atomic E-state index is 14.5. The number of hydrogen-bond acceptors (Lipinski definition) is 8. The minimum absolute atomic E-state index is 0.00316. The van der Waals surface area contributed by atoms with E-state index in [0.29, 0.717) is 38.0 Å². The molecule has 17 nitrogen and oxygen atoms in total. The van der Waals surface area contributed by atoms with E-state index in [-0.39, 0.29) is 32.2 Å². The van der Waals surface area contributed by atoms with Gasteiger partial charge in [0, 0.05) is 60.0 Å². The molecule has 0 unspecified atom stereocenters. The van der Waals surface area contributed by atoms with Gasteiger partial charge in [0.25, 0.3) is 0 Å². The molecule has 340 valence electrons. The van der Waals surface area contributed by atoms with Crippen molar-refractivity contribution in [1.82, 2.24) is 46.5 Å². The number of fused-ring (bicyclic) bond motifs is 2. The van der Waals surface area contributed by atoms with Crippen LogP contribution in [0.25, 0.3) is 21.8 Å². The average Bonchev–Trinajstić information content (AvgIpc) is 3.91. The largest absolute Gasteiger partial charge is 0.368 e. The third kappa shape index (κ3) is 13.1. The summed E-state index contributed by atoms with van der Waals surface area (Å²) in [5.74, 6) is 8.66. The zero-order valence-corrected chi connectivity index (χ0v) is 36.4. The monoisotopic (exact) mass is 883 g/mol. The van der Waals surface area contributed by atoms with Crippen LogP contribution in [-0.2, 0) is 43.2 Å². The number of nitrogens with zero attached hydrogens (tertiary/aromatic N) is 2. The SMILES string of the molecule is C=CCN1CC#CCN(N)C(=O)N[C@H](Cc2c[nH]c3ccccc23)C(=O)N[C@@H](C)C(=O)N[C@@H](Cc2c[nH]c3ccccc23)C(=O)N[C@H](Cc2ccccc2)C(=O)N[C@H](C(N)=O)CCCC1. The van der Waals surface area contributed by atoms with Gasteiger partial charge in [-0.3, -0.25) is 33.9 Å². The van der Waals surface area contributed by atoms with Crippen molar-refractivity contribution in [3.8, 4) is 11.8 Å².